The highest BCUT2D eigenvalue weighted by molar-refractivity contribution is 5.32. The van der Waals surface area contributed by atoms with Crippen LogP contribution < -0.4 is 14.8 Å². The number of hydrogen-bond acceptors (Lipinski definition) is 4. The lowest BCUT2D eigenvalue weighted by Crippen LogP contribution is -2.30. The van der Waals surface area contributed by atoms with Gasteiger partial charge in [0.1, 0.15) is 0 Å². The Kier molecular flexibility index (Phi) is 4.62. The average molecular weight is 236 g/mol. The molecule has 1 saturated heterocycles. The molecule has 0 atom stereocenters. The summed E-state index contributed by atoms with van der Waals surface area (Å²) in [6.45, 7) is 5.51. The fourth-order valence-electron chi connectivity index (χ4n) is 1.99. The Bertz CT molecular complexity index is 338. The minimum absolute atomic E-state index is 0.618. The van der Waals surface area contributed by atoms with E-state index < -0.39 is 0 Å². The molecule has 17 heavy (non-hydrogen) atoms. The van der Waals surface area contributed by atoms with Gasteiger partial charge >= 0.3 is 0 Å². The third-order valence-electron chi connectivity index (χ3n) is 2.95. The quantitative estimate of drug-likeness (QED) is 0.847. The molecule has 1 aromatic rings. The van der Waals surface area contributed by atoms with Crippen LogP contribution in [0.5, 0.6) is 11.6 Å². The molecule has 0 radical (unpaired) electrons. The summed E-state index contributed by atoms with van der Waals surface area (Å²) < 4.78 is 11.2. The normalized spacial score (nSPS) is 16.8. The molecule has 0 spiro atoms. The maximum Gasteiger partial charge on any atom is 0.256 e. The van der Waals surface area contributed by atoms with Crippen molar-refractivity contribution in [2.45, 2.75) is 19.8 Å². The fraction of sp³-hybridized carbons (Fsp3) is 0.615. The van der Waals surface area contributed by atoms with Crippen LogP contribution in [-0.4, -0.2) is 31.3 Å². The van der Waals surface area contributed by atoms with Gasteiger partial charge in [-0.3, -0.25) is 0 Å². The Labute approximate surface area is 102 Å². The maximum atomic E-state index is 5.77. The predicted molar refractivity (Wildman–Crippen MR) is 66.5 cm³/mol. The SMILES string of the molecule is CCOc1cccnc1OCC1CCNCC1. The Hall–Kier alpha value is -1.29. The summed E-state index contributed by atoms with van der Waals surface area (Å²) in [4.78, 5) is 4.22. The Morgan fingerprint density at radius 1 is 1.35 bits per heavy atom. The van der Waals surface area contributed by atoms with Gasteiger partial charge in [0.25, 0.3) is 5.88 Å². The standard InChI is InChI=1S/C13H20N2O2/c1-2-16-12-4-3-7-15-13(12)17-10-11-5-8-14-9-6-11/h3-4,7,11,14H,2,5-6,8-10H2,1H3. The van der Waals surface area contributed by atoms with Crippen LogP contribution in [0.3, 0.4) is 0 Å². The maximum absolute atomic E-state index is 5.77. The van der Waals surface area contributed by atoms with Gasteiger partial charge in [0.05, 0.1) is 13.2 Å². The van der Waals surface area contributed by atoms with E-state index in [2.05, 4.69) is 10.3 Å². The predicted octanol–water partition coefficient (Wildman–Crippen LogP) is 1.86. The summed E-state index contributed by atoms with van der Waals surface area (Å²) in [5, 5.41) is 3.35. The van der Waals surface area contributed by atoms with Gasteiger partial charge < -0.3 is 14.8 Å². The minimum atomic E-state index is 0.618. The van der Waals surface area contributed by atoms with Gasteiger partial charge in [-0.1, -0.05) is 0 Å². The number of nitrogens with zero attached hydrogens (tertiary/aromatic N) is 1. The molecule has 1 fully saturated rings. The lowest BCUT2D eigenvalue weighted by atomic mass is 9.99. The van der Waals surface area contributed by atoms with Gasteiger partial charge in [-0.25, -0.2) is 4.98 Å². The average Bonchev–Trinajstić information content (AvgIpc) is 2.39. The molecule has 0 unspecified atom stereocenters. The van der Waals surface area contributed by atoms with E-state index in [1.54, 1.807) is 6.20 Å². The van der Waals surface area contributed by atoms with Gasteiger partial charge in [0.2, 0.25) is 0 Å². The molecule has 2 rings (SSSR count). The first-order valence-electron chi connectivity index (χ1n) is 6.31. The Morgan fingerprint density at radius 3 is 2.94 bits per heavy atom. The molecule has 1 aromatic heterocycles. The van der Waals surface area contributed by atoms with Crippen LogP contribution in [0.15, 0.2) is 18.3 Å². The number of piperidine rings is 1. The minimum Gasteiger partial charge on any atom is -0.488 e. The van der Waals surface area contributed by atoms with E-state index >= 15 is 0 Å². The van der Waals surface area contributed by atoms with Crippen LogP contribution in [0.25, 0.3) is 0 Å². The number of aromatic nitrogens is 1. The zero-order valence-corrected chi connectivity index (χ0v) is 10.3. The highest BCUT2D eigenvalue weighted by atomic mass is 16.5. The number of nitrogens with one attached hydrogen (secondary N) is 1. The Morgan fingerprint density at radius 2 is 2.18 bits per heavy atom. The summed E-state index contributed by atoms with van der Waals surface area (Å²) in [6, 6.07) is 3.76. The molecule has 94 valence electrons. The first-order valence-corrected chi connectivity index (χ1v) is 6.31. The number of hydrogen-bond donors (Lipinski definition) is 1. The smallest absolute Gasteiger partial charge is 0.256 e. The van der Waals surface area contributed by atoms with E-state index in [1.165, 1.54) is 12.8 Å². The first kappa shape index (κ1) is 12.2. The molecule has 1 aliphatic rings. The molecular weight excluding hydrogens is 216 g/mol. The second-order valence-corrected chi connectivity index (χ2v) is 4.24. The van der Waals surface area contributed by atoms with Gasteiger partial charge in [0.15, 0.2) is 5.75 Å². The molecule has 0 amide bonds. The zero-order chi connectivity index (χ0) is 11.9. The van der Waals surface area contributed by atoms with Gasteiger partial charge in [-0.05, 0) is 50.9 Å². The van der Waals surface area contributed by atoms with E-state index in [0.29, 0.717) is 18.4 Å². The third-order valence-corrected chi connectivity index (χ3v) is 2.95. The molecule has 0 bridgehead atoms. The second-order valence-electron chi connectivity index (χ2n) is 4.24. The van der Waals surface area contributed by atoms with Gasteiger partial charge in [-0.2, -0.15) is 0 Å². The molecule has 1 N–H and O–H groups in total. The number of rotatable bonds is 5. The van der Waals surface area contributed by atoms with E-state index in [4.69, 9.17) is 9.47 Å². The Balaban J connectivity index is 1.88. The van der Waals surface area contributed by atoms with Crippen LogP contribution in [0.4, 0.5) is 0 Å². The molecular formula is C13H20N2O2. The van der Waals surface area contributed by atoms with Crippen LogP contribution >= 0.6 is 0 Å². The van der Waals surface area contributed by atoms with Gasteiger partial charge in [0, 0.05) is 6.20 Å². The molecule has 0 aromatic carbocycles. The summed E-state index contributed by atoms with van der Waals surface area (Å²) in [6.07, 6.45) is 4.09. The number of ether oxygens (including phenoxy) is 2. The zero-order valence-electron chi connectivity index (χ0n) is 10.3. The molecule has 4 heteroatoms. The molecule has 4 nitrogen and oxygen atoms in total. The van der Waals surface area contributed by atoms with Crippen molar-refractivity contribution in [3.63, 3.8) is 0 Å². The van der Waals surface area contributed by atoms with Crippen molar-refractivity contribution < 1.29 is 9.47 Å². The van der Waals surface area contributed by atoms with Crippen molar-refractivity contribution in [1.82, 2.24) is 10.3 Å². The summed E-state index contributed by atoms with van der Waals surface area (Å²) in [5.41, 5.74) is 0. The summed E-state index contributed by atoms with van der Waals surface area (Å²) in [7, 11) is 0. The van der Waals surface area contributed by atoms with Crippen molar-refractivity contribution in [1.29, 1.82) is 0 Å². The van der Waals surface area contributed by atoms with Gasteiger partial charge in [-0.15, -0.1) is 0 Å². The van der Waals surface area contributed by atoms with Crippen molar-refractivity contribution in [2.24, 2.45) is 5.92 Å². The van der Waals surface area contributed by atoms with Crippen LogP contribution in [-0.2, 0) is 0 Å². The van der Waals surface area contributed by atoms with Crippen LogP contribution in [0.1, 0.15) is 19.8 Å². The highest BCUT2D eigenvalue weighted by Gasteiger charge is 2.15. The lowest BCUT2D eigenvalue weighted by Gasteiger charge is -2.22. The fourth-order valence-corrected chi connectivity index (χ4v) is 1.99. The van der Waals surface area contributed by atoms with E-state index in [-0.39, 0.29) is 0 Å². The van der Waals surface area contributed by atoms with Crippen LogP contribution in [0.2, 0.25) is 0 Å². The van der Waals surface area contributed by atoms with E-state index in [1.807, 2.05) is 19.1 Å². The van der Waals surface area contributed by atoms with Crippen molar-refractivity contribution in [2.75, 3.05) is 26.3 Å². The first-order chi connectivity index (χ1) is 8.40. The monoisotopic (exact) mass is 236 g/mol. The highest BCUT2D eigenvalue weighted by Crippen LogP contribution is 2.24. The summed E-state index contributed by atoms with van der Waals surface area (Å²) >= 11 is 0. The van der Waals surface area contributed by atoms with E-state index in [0.717, 1.165) is 25.4 Å². The third kappa shape index (κ3) is 3.60. The molecule has 0 saturated carbocycles. The number of pyridine rings is 1. The van der Waals surface area contributed by atoms with Crippen molar-refractivity contribution in [3.8, 4) is 11.6 Å². The second kappa shape index (κ2) is 6.45. The summed E-state index contributed by atoms with van der Waals surface area (Å²) in [5.74, 6) is 1.99. The van der Waals surface area contributed by atoms with E-state index in [9.17, 15) is 0 Å². The topological polar surface area (TPSA) is 43.4 Å². The lowest BCUT2D eigenvalue weighted by molar-refractivity contribution is 0.198. The van der Waals surface area contributed by atoms with Crippen LogP contribution in [0, 0.1) is 5.92 Å². The molecule has 2 heterocycles. The molecule has 1 aliphatic heterocycles. The van der Waals surface area contributed by atoms with Crippen molar-refractivity contribution >= 4 is 0 Å². The largest absolute Gasteiger partial charge is 0.488 e. The molecule has 0 aliphatic carbocycles. The van der Waals surface area contributed by atoms with Crippen molar-refractivity contribution in [3.05, 3.63) is 18.3 Å².